The van der Waals surface area contributed by atoms with Crippen molar-refractivity contribution in [1.82, 2.24) is 10.3 Å². The third kappa shape index (κ3) is 4.25. The van der Waals surface area contributed by atoms with Gasteiger partial charge in [0, 0.05) is 19.1 Å². The van der Waals surface area contributed by atoms with E-state index in [0.717, 1.165) is 47.8 Å². The minimum absolute atomic E-state index is 0.0361. The van der Waals surface area contributed by atoms with Crippen molar-refractivity contribution in [3.63, 3.8) is 0 Å². The molecule has 4 bridgehead atoms. The molecule has 6 nitrogen and oxygen atoms in total. The highest BCUT2D eigenvalue weighted by atomic mass is 32.2. The molecule has 1 atom stereocenters. The first-order valence-electron chi connectivity index (χ1n) is 12.3. The second kappa shape index (κ2) is 9.24. The Bertz CT molecular complexity index is 848. The van der Waals surface area contributed by atoms with Crippen molar-refractivity contribution < 1.29 is 14.3 Å². The number of aromatic nitrogens is 1. The van der Waals surface area contributed by atoms with Gasteiger partial charge < -0.3 is 15.0 Å². The number of esters is 1. The van der Waals surface area contributed by atoms with Gasteiger partial charge in [-0.2, -0.15) is 0 Å². The number of hydrogen-bond acceptors (Lipinski definition) is 6. The predicted octanol–water partition coefficient (Wildman–Crippen LogP) is 4.14. The summed E-state index contributed by atoms with van der Waals surface area (Å²) in [6, 6.07) is 4.22. The Labute approximate surface area is 195 Å². The van der Waals surface area contributed by atoms with E-state index in [9.17, 15) is 9.59 Å². The summed E-state index contributed by atoms with van der Waals surface area (Å²) in [5.74, 6) is 4.68. The number of rotatable bonds is 7. The molecule has 0 spiro atoms. The van der Waals surface area contributed by atoms with Crippen molar-refractivity contribution >= 4 is 29.5 Å². The van der Waals surface area contributed by atoms with Crippen LogP contribution in [0.2, 0.25) is 0 Å². The fraction of sp³-hybridized carbons (Fsp3) is 0.720. The maximum absolute atomic E-state index is 13.4. The van der Waals surface area contributed by atoms with Gasteiger partial charge in [0.2, 0.25) is 0 Å². The lowest BCUT2D eigenvalue weighted by atomic mass is 9.54. The molecule has 7 heteroatoms. The number of thioether (sulfide) groups is 1. The summed E-state index contributed by atoms with van der Waals surface area (Å²) < 4.78 is 4.92. The summed E-state index contributed by atoms with van der Waals surface area (Å²) in [6.45, 7) is 3.55. The minimum Gasteiger partial charge on any atom is -0.469 e. The normalized spacial score (nSPS) is 32.9. The van der Waals surface area contributed by atoms with Crippen LogP contribution in [0.4, 0.5) is 5.82 Å². The number of nitrogens with zero attached hydrogens (tertiary/aromatic N) is 2. The minimum atomic E-state index is -0.153. The number of ether oxygens (including phenoxy) is 1. The number of carbonyl (C=O) groups is 2. The SMILES string of the molecule is CCCSc1nc(N2CC[C@H](C(=O)OC)C2)ccc1C(=O)NC1C2CC3CC(C2)CC1C3. The van der Waals surface area contributed by atoms with Crippen molar-refractivity contribution in [3.05, 3.63) is 17.7 Å². The van der Waals surface area contributed by atoms with Crippen molar-refractivity contribution in [2.75, 3.05) is 30.9 Å². The zero-order valence-corrected chi connectivity index (χ0v) is 20.0. The molecule has 1 aromatic heterocycles. The molecule has 6 rings (SSSR count). The summed E-state index contributed by atoms with van der Waals surface area (Å²) in [6.07, 6.45) is 8.41. The molecule has 5 aliphatic rings. The van der Waals surface area contributed by atoms with E-state index in [1.165, 1.54) is 39.2 Å². The third-order valence-electron chi connectivity index (χ3n) is 8.10. The molecule has 174 valence electrons. The number of hydrogen-bond donors (Lipinski definition) is 1. The number of methoxy groups -OCH3 is 1. The lowest BCUT2D eigenvalue weighted by Gasteiger charge is -2.54. The Kier molecular flexibility index (Phi) is 6.37. The summed E-state index contributed by atoms with van der Waals surface area (Å²) in [7, 11) is 1.44. The number of carbonyl (C=O) groups excluding carboxylic acids is 2. The van der Waals surface area contributed by atoms with Gasteiger partial charge in [-0.05, 0) is 86.5 Å². The molecule has 0 radical (unpaired) electrons. The smallest absolute Gasteiger partial charge is 0.310 e. The molecule has 2 heterocycles. The number of pyridine rings is 1. The van der Waals surface area contributed by atoms with Crippen LogP contribution in [0.5, 0.6) is 0 Å². The summed E-state index contributed by atoms with van der Waals surface area (Å²) in [4.78, 5) is 32.3. The van der Waals surface area contributed by atoms with Gasteiger partial charge in [0.15, 0.2) is 0 Å². The first-order chi connectivity index (χ1) is 15.6. The Hall–Kier alpha value is -1.76. The summed E-state index contributed by atoms with van der Waals surface area (Å²) in [5.41, 5.74) is 0.699. The Morgan fingerprint density at radius 2 is 1.88 bits per heavy atom. The van der Waals surface area contributed by atoms with Gasteiger partial charge in [0.05, 0.1) is 18.6 Å². The van der Waals surface area contributed by atoms with Gasteiger partial charge in [-0.25, -0.2) is 4.98 Å². The maximum Gasteiger partial charge on any atom is 0.310 e. The average Bonchev–Trinajstić information content (AvgIpc) is 3.29. The summed E-state index contributed by atoms with van der Waals surface area (Å²) in [5, 5.41) is 4.26. The first kappa shape index (κ1) is 22.1. The van der Waals surface area contributed by atoms with Crippen LogP contribution in [0.1, 0.15) is 62.2 Å². The Balaban J connectivity index is 1.32. The molecule has 32 heavy (non-hydrogen) atoms. The first-order valence-corrected chi connectivity index (χ1v) is 13.3. The van der Waals surface area contributed by atoms with E-state index in [4.69, 9.17) is 9.72 Å². The second-order valence-corrected chi connectivity index (χ2v) is 11.3. The van der Waals surface area contributed by atoms with Gasteiger partial charge in [0.25, 0.3) is 5.91 Å². The van der Waals surface area contributed by atoms with Crippen LogP contribution in [0.25, 0.3) is 0 Å². The van der Waals surface area contributed by atoms with Gasteiger partial charge in [-0.1, -0.05) is 6.92 Å². The van der Waals surface area contributed by atoms with E-state index < -0.39 is 0 Å². The Morgan fingerprint density at radius 1 is 1.16 bits per heavy atom. The molecule has 0 unspecified atom stereocenters. The lowest BCUT2D eigenvalue weighted by Crippen LogP contribution is -2.55. The second-order valence-electron chi connectivity index (χ2n) is 10.3. The van der Waals surface area contributed by atoms with E-state index in [-0.39, 0.29) is 17.8 Å². The fourth-order valence-corrected chi connectivity index (χ4v) is 7.68. The fourth-order valence-electron chi connectivity index (χ4n) is 6.81. The highest BCUT2D eigenvalue weighted by Crippen LogP contribution is 2.53. The molecular formula is C25H35N3O3S. The van der Waals surface area contributed by atoms with E-state index in [2.05, 4.69) is 17.1 Å². The monoisotopic (exact) mass is 457 g/mol. The molecule has 5 fully saturated rings. The average molecular weight is 458 g/mol. The van der Waals surface area contributed by atoms with E-state index >= 15 is 0 Å². The number of nitrogens with one attached hydrogen (secondary N) is 1. The molecule has 1 amide bonds. The molecule has 1 aliphatic heterocycles. The zero-order valence-electron chi connectivity index (χ0n) is 19.2. The maximum atomic E-state index is 13.4. The number of anilines is 1. The van der Waals surface area contributed by atoms with Crippen molar-refractivity contribution in [2.24, 2.45) is 29.6 Å². The molecule has 1 N–H and O–H groups in total. The van der Waals surface area contributed by atoms with Crippen molar-refractivity contribution in [3.8, 4) is 0 Å². The van der Waals surface area contributed by atoms with Crippen molar-refractivity contribution in [2.45, 2.75) is 62.9 Å². The standard InChI is InChI=1S/C25H35N3O3S/c1-3-8-32-24-20(4-5-21(26-24)28-7-6-17(14-28)25(30)31-2)23(29)27-22-18-10-15-9-16(12-18)13-19(22)11-15/h4-5,15-19,22H,3,6-14H2,1-2H3,(H,27,29)/t15?,16?,17-,18?,19?,22?/m0/s1. The van der Waals surface area contributed by atoms with Gasteiger partial charge >= 0.3 is 5.97 Å². The lowest BCUT2D eigenvalue weighted by molar-refractivity contribution is -0.144. The van der Waals surface area contributed by atoms with Crippen LogP contribution in [0.3, 0.4) is 0 Å². The van der Waals surface area contributed by atoms with Crippen LogP contribution >= 0.6 is 11.8 Å². The molecule has 0 aromatic carbocycles. The topological polar surface area (TPSA) is 71.5 Å². The van der Waals surface area contributed by atoms with E-state index in [0.29, 0.717) is 30.0 Å². The third-order valence-corrected chi connectivity index (χ3v) is 9.30. The zero-order chi connectivity index (χ0) is 22.2. The van der Waals surface area contributed by atoms with Crippen LogP contribution in [-0.4, -0.2) is 48.9 Å². The number of amides is 1. The van der Waals surface area contributed by atoms with Crippen molar-refractivity contribution in [1.29, 1.82) is 0 Å². The van der Waals surface area contributed by atoms with Gasteiger partial charge in [-0.3, -0.25) is 9.59 Å². The van der Waals surface area contributed by atoms with Crippen LogP contribution in [0.15, 0.2) is 17.2 Å². The van der Waals surface area contributed by atoms with Gasteiger partial charge in [-0.15, -0.1) is 11.8 Å². The van der Waals surface area contributed by atoms with Crippen LogP contribution in [-0.2, 0) is 9.53 Å². The van der Waals surface area contributed by atoms with Crippen LogP contribution in [0, 0.1) is 29.6 Å². The largest absolute Gasteiger partial charge is 0.469 e. The quantitative estimate of drug-likeness (QED) is 0.490. The Morgan fingerprint density at radius 3 is 2.53 bits per heavy atom. The predicted molar refractivity (Wildman–Crippen MR) is 126 cm³/mol. The molecule has 4 aliphatic carbocycles. The molecular weight excluding hydrogens is 422 g/mol. The summed E-state index contributed by atoms with van der Waals surface area (Å²) >= 11 is 1.66. The van der Waals surface area contributed by atoms with E-state index in [1.54, 1.807) is 11.8 Å². The molecule has 1 aromatic rings. The van der Waals surface area contributed by atoms with Gasteiger partial charge in [0.1, 0.15) is 10.8 Å². The highest BCUT2D eigenvalue weighted by Gasteiger charge is 2.48. The highest BCUT2D eigenvalue weighted by molar-refractivity contribution is 7.99. The van der Waals surface area contributed by atoms with E-state index in [1.807, 2.05) is 12.1 Å². The van der Waals surface area contributed by atoms with Crippen LogP contribution < -0.4 is 10.2 Å². The molecule has 4 saturated carbocycles. The molecule has 1 saturated heterocycles.